The first kappa shape index (κ1) is 21.7. The van der Waals surface area contributed by atoms with Crippen LogP contribution < -0.4 is 16.2 Å². The van der Waals surface area contributed by atoms with Crippen molar-refractivity contribution in [2.75, 3.05) is 25.0 Å². The van der Waals surface area contributed by atoms with Crippen LogP contribution in [0.15, 0.2) is 58.2 Å². The highest BCUT2D eigenvalue weighted by Crippen LogP contribution is 2.20. The second-order valence-electron chi connectivity index (χ2n) is 7.33. The van der Waals surface area contributed by atoms with Gasteiger partial charge in [-0.1, -0.05) is 18.2 Å². The largest absolute Gasteiger partial charge is 0.354 e. The lowest BCUT2D eigenvalue weighted by atomic mass is 10.2. The average molecular weight is 455 g/mol. The van der Waals surface area contributed by atoms with Gasteiger partial charge in [0.05, 0.1) is 22.3 Å². The van der Waals surface area contributed by atoms with Gasteiger partial charge in [0, 0.05) is 18.8 Å². The van der Waals surface area contributed by atoms with Gasteiger partial charge in [0.25, 0.3) is 5.56 Å². The molecule has 1 saturated heterocycles. The number of hydrogen-bond donors (Lipinski definition) is 2. The normalized spacial score (nSPS) is 14.8. The van der Waals surface area contributed by atoms with E-state index in [2.05, 4.69) is 15.6 Å². The Balaban J connectivity index is 1.54. The molecule has 166 valence electrons. The Hall–Kier alpha value is -3.57. The lowest BCUT2D eigenvalue weighted by Crippen LogP contribution is -2.49. The molecule has 0 bridgehead atoms. The number of nitrogens with zero attached hydrogens (tertiary/aromatic N) is 3. The van der Waals surface area contributed by atoms with Gasteiger partial charge in [-0.05, 0) is 37.3 Å². The molecule has 2 N–H and O–H groups in total. The predicted molar refractivity (Wildman–Crippen MR) is 118 cm³/mol. The number of carbonyl (C=O) groups excluding carboxylic acids is 2. The van der Waals surface area contributed by atoms with Crippen LogP contribution in [0.5, 0.6) is 0 Å². The van der Waals surface area contributed by atoms with Crippen molar-refractivity contribution in [1.29, 1.82) is 0 Å². The summed E-state index contributed by atoms with van der Waals surface area (Å²) in [5.74, 6) is -0.475. The summed E-state index contributed by atoms with van der Waals surface area (Å²) in [6.07, 6.45) is 0. The van der Waals surface area contributed by atoms with Crippen molar-refractivity contribution in [2.24, 2.45) is 0 Å². The molecule has 32 heavy (non-hydrogen) atoms. The minimum Gasteiger partial charge on any atom is -0.354 e. The molecule has 0 spiro atoms. The molecule has 0 aliphatic carbocycles. The number of anilines is 1. The quantitative estimate of drug-likeness (QED) is 0.575. The SMILES string of the molecule is Cc1nc2ccccc2c(=O)n1CC(=O)Nc1cccc(S(=O)(=O)N2CCNC(=O)C2)c1. The summed E-state index contributed by atoms with van der Waals surface area (Å²) in [5.41, 5.74) is 0.482. The summed E-state index contributed by atoms with van der Waals surface area (Å²) in [4.78, 5) is 41.3. The zero-order valence-corrected chi connectivity index (χ0v) is 18.1. The van der Waals surface area contributed by atoms with Crippen LogP contribution in [0.3, 0.4) is 0 Å². The van der Waals surface area contributed by atoms with Gasteiger partial charge >= 0.3 is 0 Å². The number of para-hydroxylation sites is 1. The second-order valence-corrected chi connectivity index (χ2v) is 9.27. The fourth-order valence-corrected chi connectivity index (χ4v) is 4.96. The summed E-state index contributed by atoms with van der Waals surface area (Å²) in [7, 11) is -3.89. The van der Waals surface area contributed by atoms with Crippen LogP contribution in [0.4, 0.5) is 5.69 Å². The number of fused-ring (bicyclic) bond motifs is 1. The fourth-order valence-electron chi connectivity index (χ4n) is 3.51. The molecule has 2 amide bonds. The average Bonchev–Trinajstić information content (AvgIpc) is 2.77. The summed E-state index contributed by atoms with van der Waals surface area (Å²) >= 11 is 0. The van der Waals surface area contributed by atoms with Gasteiger partial charge < -0.3 is 10.6 Å². The van der Waals surface area contributed by atoms with Crippen molar-refractivity contribution in [1.82, 2.24) is 19.2 Å². The van der Waals surface area contributed by atoms with Crippen LogP contribution >= 0.6 is 0 Å². The van der Waals surface area contributed by atoms with Gasteiger partial charge in [0.15, 0.2) is 0 Å². The molecule has 1 fully saturated rings. The van der Waals surface area contributed by atoms with Crippen LogP contribution in [-0.4, -0.2) is 53.7 Å². The van der Waals surface area contributed by atoms with E-state index in [0.29, 0.717) is 16.7 Å². The molecule has 1 aromatic heterocycles. The van der Waals surface area contributed by atoms with E-state index >= 15 is 0 Å². The first-order chi connectivity index (χ1) is 15.3. The van der Waals surface area contributed by atoms with E-state index in [1.165, 1.54) is 22.8 Å². The minimum absolute atomic E-state index is 0.0364. The van der Waals surface area contributed by atoms with Gasteiger partial charge in [-0.15, -0.1) is 0 Å². The predicted octanol–water partition coefficient (Wildman–Crippen LogP) is 0.464. The lowest BCUT2D eigenvalue weighted by molar-refractivity contribution is -0.122. The number of carbonyl (C=O) groups is 2. The number of amides is 2. The number of rotatable bonds is 5. The van der Waals surface area contributed by atoms with Crippen molar-refractivity contribution in [2.45, 2.75) is 18.4 Å². The minimum atomic E-state index is -3.89. The van der Waals surface area contributed by atoms with Crippen LogP contribution in [-0.2, 0) is 26.2 Å². The van der Waals surface area contributed by atoms with Gasteiger partial charge in [0.1, 0.15) is 12.4 Å². The van der Waals surface area contributed by atoms with Crippen molar-refractivity contribution in [3.05, 3.63) is 64.7 Å². The highest BCUT2D eigenvalue weighted by atomic mass is 32.2. The maximum atomic E-state index is 12.9. The number of benzene rings is 2. The zero-order valence-electron chi connectivity index (χ0n) is 17.2. The molecule has 4 rings (SSSR count). The Bertz CT molecular complexity index is 1380. The van der Waals surface area contributed by atoms with Crippen LogP contribution in [0.1, 0.15) is 5.82 Å². The molecule has 1 aliphatic rings. The van der Waals surface area contributed by atoms with Crippen molar-refractivity contribution in [3.63, 3.8) is 0 Å². The number of nitrogens with one attached hydrogen (secondary N) is 2. The number of sulfonamides is 1. The Morgan fingerprint density at radius 3 is 2.72 bits per heavy atom. The summed E-state index contributed by atoms with van der Waals surface area (Å²) in [6, 6.07) is 12.7. The molecule has 11 heteroatoms. The second kappa shape index (κ2) is 8.52. The molecule has 0 atom stereocenters. The number of aromatic nitrogens is 2. The third kappa shape index (κ3) is 4.25. The van der Waals surface area contributed by atoms with Gasteiger partial charge in [-0.2, -0.15) is 4.31 Å². The Labute approximate surface area is 183 Å². The van der Waals surface area contributed by atoms with E-state index in [1.807, 2.05) is 0 Å². The number of hydrogen-bond acceptors (Lipinski definition) is 6. The van der Waals surface area contributed by atoms with E-state index in [9.17, 15) is 22.8 Å². The van der Waals surface area contributed by atoms with Gasteiger partial charge in [-0.3, -0.25) is 19.0 Å². The third-order valence-electron chi connectivity index (χ3n) is 5.11. The highest BCUT2D eigenvalue weighted by Gasteiger charge is 2.29. The smallest absolute Gasteiger partial charge is 0.261 e. The van der Waals surface area contributed by atoms with Crippen LogP contribution in [0.25, 0.3) is 10.9 Å². The molecular formula is C21H21N5O5S. The Morgan fingerprint density at radius 2 is 1.94 bits per heavy atom. The maximum Gasteiger partial charge on any atom is 0.261 e. The molecular weight excluding hydrogens is 434 g/mol. The molecule has 1 aliphatic heterocycles. The van der Waals surface area contributed by atoms with E-state index in [1.54, 1.807) is 37.3 Å². The van der Waals surface area contributed by atoms with Crippen molar-refractivity contribution < 1.29 is 18.0 Å². The number of piperazine rings is 1. The summed E-state index contributed by atoms with van der Waals surface area (Å²) in [5, 5.41) is 5.62. The lowest BCUT2D eigenvalue weighted by Gasteiger charge is -2.26. The molecule has 0 saturated carbocycles. The summed E-state index contributed by atoms with van der Waals surface area (Å²) in [6.45, 7) is 1.52. The highest BCUT2D eigenvalue weighted by molar-refractivity contribution is 7.89. The maximum absolute atomic E-state index is 12.9. The first-order valence-corrected chi connectivity index (χ1v) is 11.3. The van der Waals surface area contributed by atoms with E-state index in [4.69, 9.17) is 0 Å². The molecule has 2 aromatic carbocycles. The van der Waals surface area contributed by atoms with Crippen molar-refractivity contribution >= 4 is 38.4 Å². The number of aryl methyl sites for hydroxylation is 1. The Morgan fingerprint density at radius 1 is 1.16 bits per heavy atom. The van der Waals surface area contributed by atoms with E-state index < -0.39 is 15.9 Å². The summed E-state index contributed by atoms with van der Waals surface area (Å²) < 4.78 is 28.1. The monoisotopic (exact) mass is 455 g/mol. The first-order valence-electron chi connectivity index (χ1n) is 9.88. The third-order valence-corrected chi connectivity index (χ3v) is 6.95. The van der Waals surface area contributed by atoms with Crippen molar-refractivity contribution in [3.8, 4) is 0 Å². The molecule has 3 aromatic rings. The van der Waals surface area contributed by atoms with Crippen LogP contribution in [0, 0.1) is 6.92 Å². The molecule has 2 heterocycles. The fraction of sp³-hybridized carbons (Fsp3) is 0.238. The molecule has 10 nitrogen and oxygen atoms in total. The molecule has 0 unspecified atom stereocenters. The standard InChI is InChI=1S/C21H21N5O5S/c1-14-23-18-8-3-2-7-17(18)21(29)26(14)13-20(28)24-15-5-4-6-16(11-15)32(30,31)25-10-9-22-19(27)12-25/h2-8,11H,9-10,12-13H2,1H3,(H,22,27)(H,24,28). The molecule has 0 radical (unpaired) electrons. The van der Waals surface area contributed by atoms with E-state index in [-0.39, 0.29) is 48.2 Å². The van der Waals surface area contributed by atoms with E-state index in [0.717, 1.165) is 4.31 Å². The van der Waals surface area contributed by atoms with Crippen LogP contribution in [0.2, 0.25) is 0 Å². The zero-order chi connectivity index (χ0) is 22.9. The topological polar surface area (TPSA) is 130 Å². The Kier molecular flexibility index (Phi) is 5.76. The van der Waals surface area contributed by atoms with Gasteiger partial charge in [-0.25, -0.2) is 13.4 Å². The van der Waals surface area contributed by atoms with Gasteiger partial charge in [0.2, 0.25) is 21.8 Å².